The maximum Gasteiger partial charge on any atom is 0.145 e. The van der Waals surface area contributed by atoms with Crippen LogP contribution in [0.5, 0.6) is 0 Å². The number of rotatable bonds is 1. The molecule has 1 atom stereocenters. The molecule has 0 fully saturated rings. The van der Waals surface area contributed by atoms with Gasteiger partial charge in [-0.15, -0.1) is 0 Å². The fourth-order valence-electron chi connectivity index (χ4n) is 3.39. The number of benzene rings is 2. The largest absolute Gasteiger partial charge is 0.362 e. The van der Waals surface area contributed by atoms with E-state index in [-0.39, 0.29) is 5.66 Å². The van der Waals surface area contributed by atoms with Gasteiger partial charge in [0, 0.05) is 11.3 Å². The van der Waals surface area contributed by atoms with E-state index in [1.54, 1.807) is 0 Å². The number of fused-ring (bicyclic) bond motifs is 5. The minimum atomic E-state index is -0.153. The molecule has 1 aliphatic heterocycles. The van der Waals surface area contributed by atoms with E-state index in [1.807, 2.05) is 0 Å². The first-order valence-electron chi connectivity index (χ1n) is 7.91. The Balaban J connectivity index is 2.14. The summed E-state index contributed by atoms with van der Waals surface area (Å²) in [5, 5.41) is 3.71. The van der Waals surface area contributed by atoms with Crippen molar-refractivity contribution >= 4 is 16.7 Å². The van der Waals surface area contributed by atoms with Crippen molar-refractivity contribution in [2.45, 2.75) is 39.8 Å². The average molecular weight is 291 g/mol. The van der Waals surface area contributed by atoms with Crippen molar-refractivity contribution in [3.8, 4) is 11.4 Å². The average Bonchev–Trinajstić information content (AvgIpc) is 2.87. The maximum atomic E-state index is 4.96. The zero-order valence-corrected chi connectivity index (χ0v) is 13.6. The number of anilines is 1. The van der Waals surface area contributed by atoms with Gasteiger partial charge in [0.15, 0.2) is 0 Å². The third-order valence-electron chi connectivity index (χ3n) is 5.02. The molecule has 1 aliphatic rings. The van der Waals surface area contributed by atoms with E-state index in [9.17, 15) is 0 Å². The van der Waals surface area contributed by atoms with Crippen LogP contribution in [0.2, 0.25) is 0 Å². The van der Waals surface area contributed by atoms with E-state index in [0.717, 1.165) is 17.8 Å². The van der Waals surface area contributed by atoms with Gasteiger partial charge < -0.3 is 9.88 Å². The molecule has 112 valence electrons. The molecule has 0 spiro atoms. The van der Waals surface area contributed by atoms with E-state index in [0.29, 0.717) is 0 Å². The number of imidazole rings is 1. The number of aromatic nitrogens is 2. The van der Waals surface area contributed by atoms with Gasteiger partial charge in [-0.3, -0.25) is 0 Å². The Morgan fingerprint density at radius 1 is 1.14 bits per heavy atom. The van der Waals surface area contributed by atoms with Crippen LogP contribution in [0, 0.1) is 13.8 Å². The highest BCUT2D eigenvalue weighted by Gasteiger charge is 2.34. The normalized spacial score (nSPS) is 19.6. The summed E-state index contributed by atoms with van der Waals surface area (Å²) in [6, 6.07) is 12.9. The third-order valence-corrected chi connectivity index (χ3v) is 5.02. The number of hydrogen-bond acceptors (Lipinski definition) is 2. The minimum absolute atomic E-state index is 0.153. The summed E-state index contributed by atoms with van der Waals surface area (Å²) in [5.41, 5.74) is 7.10. The molecule has 1 unspecified atom stereocenters. The highest BCUT2D eigenvalue weighted by atomic mass is 15.3. The third kappa shape index (κ3) is 1.65. The minimum Gasteiger partial charge on any atom is -0.362 e. The van der Waals surface area contributed by atoms with E-state index in [2.05, 4.69) is 74.0 Å². The fourth-order valence-corrected chi connectivity index (χ4v) is 3.39. The second kappa shape index (κ2) is 4.35. The van der Waals surface area contributed by atoms with Crippen molar-refractivity contribution in [3.05, 3.63) is 47.5 Å². The summed E-state index contributed by atoms with van der Waals surface area (Å²) in [4.78, 5) is 4.96. The molecular weight excluding hydrogens is 270 g/mol. The Morgan fingerprint density at radius 2 is 1.86 bits per heavy atom. The lowest BCUT2D eigenvalue weighted by Gasteiger charge is -2.39. The van der Waals surface area contributed by atoms with Crippen molar-refractivity contribution in [1.82, 2.24) is 9.55 Å². The molecule has 3 nitrogen and oxygen atoms in total. The molecule has 0 saturated heterocycles. The highest BCUT2D eigenvalue weighted by Crippen LogP contribution is 2.42. The number of hydrogen-bond donors (Lipinski definition) is 1. The molecule has 0 bridgehead atoms. The monoisotopic (exact) mass is 291 g/mol. The summed E-state index contributed by atoms with van der Waals surface area (Å²) in [5.74, 6) is 1.07. The molecule has 1 aromatic heterocycles. The molecule has 0 aliphatic carbocycles. The van der Waals surface area contributed by atoms with Crippen molar-refractivity contribution < 1.29 is 0 Å². The van der Waals surface area contributed by atoms with Crippen molar-refractivity contribution in [2.24, 2.45) is 0 Å². The molecule has 2 heterocycles. The molecule has 0 amide bonds. The van der Waals surface area contributed by atoms with Crippen LogP contribution in [0.4, 0.5) is 5.69 Å². The second-order valence-corrected chi connectivity index (χ2v) is 6.49. The van der Waals surface area contributed by atoms with Crippen LogP contribution in [0.1, 0.15) is 31.4 Å². The van der Waals surface area contributed by atoms with Crippen molar-refractivity contribution in [3.63, 3.8) is 0 Å². The Labute approximate surface area is 131 Å². The lowest BCUT2D eigenvalue weighted by Crippen LogP contribution is -2.41. The fraction of sp³-hybridized carbons (Fsp3) is 0.316. The number of nitrogens with zero attached hydrogens (tertiary/aromatic N) is 2. The molecule has 3 aromatic rings. The second-order valence-electron chi connectivity index (χ2n) is 6.49. The van der Waals surface area contributed by atoms with E-state index >= 15 is 0 Å². The van der Waals surface area contributed by atoms with Crippen LogP contribution < -0.4 is 5.32 Å². The van der Waals surface area contributed by atoms with Crippen LogP contribution in [0.25, 0.3) is 22.4 Å². The maximum absolute atomic E-state index is 4.96. The quantitative estimate of drug-likeness (QED) is 0.696. The van der Waals surface area contributed by atoms with Gasteiger partial charge in [-0.05, 0) is 62.6 Å². The lowest BCUT2D eigenvalue weighted by molar-refractivity contribution is 0.366. The first-order valence-corrected chi connectivity index (χ1v) is 7.91. The first-order chi connectivity index (χ1) is 10.5. The summed E-state index contributed by atoms with van der Waals surface area (Å²) in [7, 11) is 0. The molecule has 1 N–H and O–H groups in total. The van der Waals surface area contributed by atoms with Gasteiger partial charge in [-0.2, -0.15) is 0 Å². The van der Waals surface area contributed by atoms with Crippen LogP contribution in [-0.4, -0.2) is 9.55 Å². The number of aryl methyl sites for hydroxylation is 2. The Morgan fingerprint density at radius 3 is 2.64 bits per heavy atom. The number of para-hydroxylation sites is 1. The zero-order chi connectivity index (χ0) is 15.5. The lowest BCUT2D eigenvalue weighted by atomic mass is 10.0. The topological polar surface area (TPSA) is 29.9 Å². The summed E-state index contributed by atoms with van der Waals surface area (Å²) < 4.78 is 2.37. The SMILES string of the molecule is CCC1(C)Nc2ccccc2-c2nc3cc(C)c(C)cc3n21. The molecular formula is C19H21N3. The van der Waals surface area contributed by atoms with Crippen LogP contribution >= 0.6 is 0 Å². The Bertz CT molecular complexity index is 891. The van der Waals surface area contributed by atoms with Crippen molar-refractivity contribution in [2.75, 3.05) is 5.32 Å². The van der Waals surface area contributed by atoms with E-state index in [4.69, 9.17) is 4.98 Å². The Kier molecular flexibility index (Phi) is 2.65. The molecule has 0 radical (unpaired) electrons. The van der Waals surface area contributed by atoms with Gasteiger partial charge in [0.05, 0.1) is 11.0 Å². The standard InChI is InChI=1S/C19H21N3/c1-5-19(4)21-15-9-7-6-8-14(15)18-20-16-10-12(2)13(3)11-17(16)22(18)19/h6-11,21H,5H2,1-4H3. The zero-order valence-electron chi connectivity index (χ0n) is 13.6. The van der Waals surface area contributed by atoms with Gasteiger partial charge in [-0.1, -0.05) is 19.1 Å². The first kappa shape index (κ1) is 13.4. The molecule has 0 saturated carbocycles. The summed E-state index contributed by atoms with van der Waals surface area (Å²) >= 11 is 0. The highest BCUT2D eigenvalue weighted by molar-refractivity contribution is 5.87. The predicted octanol–water partition coefficient (Wildman–Crippen LogP) is 4.83. The molecule has 22 heavy (non-hydrogen) atoms. The van der Waals surface area contributed by atoms with Gasteiger partial charge in [0.25, 0.3) is 0 Å². The molecule has 3 heteroatoms. The Hall–Kier alpha value is -2.29. The molecule has 4 rings (SSSR count). The summed E-state index contributed by atoms with van der Waals surface area (Å²) in [6.07, 6.45) is 0.993. The van der Waals surface area contributed by atoms with Gasteiger partial charge in [0.1, 0.15) is 11.5 Å². The van der Waals surface area contributed by atoms with Crippen LogP contribution in [0.15, 0.2) is 36.4 Å². The van der Waals surface area contributed by atoms with Gasteiger partial charge in [-0.25, -0.2) is 4.98 Å². The summed E-state index contributed by atoms with van der Waals surface area (Å²) in [6.45, 7) is 8.79. The number of nitrogens with one attached hydrogen (secondary N) is 1. The van der Waals surface area contributed by atoms with Gasteiger partial charge >= 0.3 is 0 Å². The van der Waals surface area contributed by atoms with Crippen molar-refractivity contribution in [1.29, 1.82) is 0 Å². The van der Waals surface area contributed by atoms with Crippen LogP contribution in [-0.2, 0) is 5.66 Å². The predicted molar refractivity (Wildman–Crippen MR) is 92.2 cm³/mol. The van der Waals surface area contributed by atoms with Gasteiger partial charge in [0.2, 0.25) is 0 Å². The smallest absolute Gasteiger partial charge is 0.145 e. The van der Waals surface area contributed by atoms with E-state index in [1.165, 1.54) is 27.9 Å². The van der Waals surface area contributed by atoms with E-state index < -0.39 is 0 Å². The molecule has 2 aromatic carbocycles. The van der Waals surface area contributed by atoms with Crippen LogP contribution in [0.3, 0.4) is 0 Å².